The molecule has 9 heteroatoms. The first-order valence-corrected chi connectivity index (χ1v) is 13.6. The van der Waals surface area contributed by atoms with E-state index in [1.165, 1.54) is 21.3 Å². The average molecular weight is 550 g/mol. The number of halogens is 2. The van der Waals surface area contributed by atoms with Gasteiger partial charge in [0.1, 0.15) is 11.6 Å². The van der Waals surface area contributed by atoms with Crippen molar-refractivity contribution < 1.29 is 9.50 Å². The lowest BCUT2D eigenvalue weighted by atomic mass is 9.96. The van der Waals surface area contributed by atoms with Crippen LogP contribution in [0.5, 0.6) is 5.75 Å². The van der Waals surface area contributed by atoms with Crippen molar-refractivity contribution in [2.45, 2.75) is 33.2 Å². The Morgan fingerprint density at radius 2 is 1.69 bits per heavy atom. The first-order chi connectivity index (χ1) is 18.7. The van der Waals surface area contributed by atoms with E-state index in [1.54, 1.807) is 43.8 Å². The van der Waals surface area contributed by atoms with E-state index in [0.29, 0.717) is 39.0 Å². The molecule has 7 nitrogen and oxygen atoms in total. The van der Waals surface area contributed by atoms with Crippen molar-refractivity contribution >= 4 is 17.3 Å². The second kappa shape index (κ2) is 10.9. The highest BCUT2D eigenvalue weighted by Gasteiger charge is 2.23. The molecule has 1 N–H and O–H groups in total. The second-order valence-corrected chi connectivity index (χ2v) is 10.6. The Morgan fingerprint density at radius 1 is 1.00 bits per heavy atom. The summed E-state index contributed by atoms with van der Waals surface area (Å²) in [4.78, 5) is 21.9. The van der Waals surface area contributed by atoms with Crippen LogP contribution in [0.3, 0.4) is 0 Å². The van der Waals surface area contributed by atoms with Crippen LogP contribution >= 0.6 is 11.6 Å². The van der Waals surface area contributed by atoms with E-state index < -0.39 is 5.82 Å². The number of hydrogen-bond acceptors (Lipinski definition) is 5. The van der Waals surface area contributed by atoms with E-state index in [4.69, 9.17) is 16.6 Å². The second-order valence-electron chi connectivity index (χ2n) is 10.2. The summed E-state index contributed by atoms with van der Waals surface area (Å²) in [6.07, 6.45) is 5.75. The summed E-state index contributed by atoms with van der Waals surface area (Å²) in [7, 11) is 1.66. The molecular formula is C30H33ClFN5O2. The molecule has 1 aliphatic rings. The zero-order chi connectivity index (χ0) is 27.8. The summed E-state index contributed by atoms with van der Waals surface area (Å²) in [5, 5.41) is 11.7. The molecule has 0 saturated carbocycles. The van der Waals surface area contributed by atoms with Crippen LogP contribution in [-0.2, 0) is 13.5 Å². The molecule has 0 radical (unpaired) electrons. The summed E-state index contributed by atoms with van der Waals surface area (Å²) in [6, 6.07) is 10.2. The van der Waals surface area contributed by atoms with Gasteiger partial charge in [-0.15, -0.1) is 0 Å². The quantitative estimate of drug-likeness (QED) is 0.344. The van der Waals surface area contributed by atoms with E-state index >= 15 is 0 Å². The Labute approximate surface area is 232 Å². The molecule has 0 bridgehead atoms. The van der Waals surface area contributed by atoms with Gasteiger partial charge in [0, 0.05) is 74.5 Å². The molecule has 0 aliphatic carbocycles. The van der Waals surface area contributed by atoms with Gasteiger partial charge in [-0.1, -0.05) is 24.6 Å². The van der Waals surface area contributed by atoms with E-state index in [2.05, 4.69) is 30.6 Å². The van der Waals surface area contributed by atoms with E-state index in [0.717, 1.165) is 44.0 Å². The zero-order valence-electron chi connectivity index (χ0n) is 22.7. The molecule has 0 spiro atoms. The average Bonchev–Trinajstić information content (AvgIpc) is 3.26. The van der Waals surface area contributed by atoms with Crippen LogP contribution in [0.4, 0.5) is 10.1 Å². The molecule has 1 aliphatic heterocycles. The molecular weight excluding hydrogens is 517 g/mol. The van der Waals surface area contributed by atoms with E-state index in [-0.39, 0.29) is 11.4 Å². The van der Waals surface area contributed by atoms with Crippen molar-refractivity contribution in [1.82, 2.24) is 19.0 Å². The van der Waals surface area contributed by atoms with Crippen LogP contribution in [0.25, 0.3) is 27.9 Å². The number of pyridine rings is 1. The number of aryl methyl sites for hydroxylation is 2. The maximum atomic E-state index is 15.0. The summed E-state index contributed by atoms with van der Waals surface area (Å²) < 4.78 is 17.9. The van der Waals surface area contributed by atoms with Gasteiger partial charge in [0.25, 0.3) is 0 Å². The normalized spacial score (nSPS) is 14.4. The highest BCUT2D eigenvalue weighted by molar-refractivity contribution is 6.32. The number of anilines is 1. The monoisotopic (exact) mass is 549 g/mol. The Kier molecular flexibility index (Phi) is 7.51. The number of imidazole rings is 1. The molecule has 2 aromatic heterocycles. The lowest BCUT2D eigenvalue weighted by Gasteiger charge is -2.38. The summed E-state index contributed by atoms with van der Waals surface area (Å²) in [6.45, 7) is 10.2. The highest BCUT2D eigenvalue weighted by atomic mass is 35.5. The predicted molar refractivity (Wildman–Crippen MR) is 155 cm³/mol. The third kappa shape index (κ3) is 5.18. The van der Waals surface area contributed by atoms with Crippen molar-refractivity contribution in [3.05, 3.63) is 82.0 Å². The van der Waals surface area contributed by atoms with Crippen LogP contribution in [0.2, 0.25) is 5.02 Å². The maximum absolute atomic E-state index is 15.0. The summed E-state index contributed by atoms with van der Waals surface area (Å²) >= 11 is 6.55. The van der Waals surface area contributed by atoms with Crippen LogP contribution in [-0.4, -0.2) is 56.3 Å². The van der Waals surface area contributed by atoms with Gasteiger partial charge < -0.3 is 14.6 Å². The first kappa shape index (κ1) is 27.0. The fourth-order valence-corrected chi connectivity index (χ4v) is 5.48. The molecule has 4 aromatic rings. The molecule has 5 rings (SSSR count). The van der Waals surface area contributed by atoms with Gasteiger partial charge in [-0.25, -0.2) is 9.18 Å². The number of nitrogens with zero attached hydrogens (tertiary/aromatic N) is 5. The van der Waals surface area contributed by atoms with Gasteiger partial charge >= 0.3 is 5.69 Å². The predicted octanol–water partition coefficient (Wildman–Crippen LogP) is 5.50. The van der Waals surface area contributed by atoms with Gasteiger partial charge in [-0.05, 0) is 56.2 Å². The minimum Gasteiger partial charge on any atom is -0.507 e. The third-order valence-electron chi connectivity index (χ3n) is 7.52. The van der Waals surface area contributed by atoms with E-state index in [1.807, 2.05) is 6.07 Å². The van der Waals surface area contributed by atoms with Crippen molar-refractivity contribution in [3.8, 4) is 33.7 Å². The number of aromatic hydroxyl groups is 1. The molecule has 1 fully saturated rings. The molecule has 2 aromatic carbocycles. The molecule has 0 amide bonds. The Balaban J connectivity index is 1.52. The standard InChI is InChI=1S/C30H33ClFN5O2/c1-5-26-28(36-11-9-35(10-12-36)19(2)3)15-21(18-33-26)24-17-22(32)16-23(29(24)38)20-6-7-27(25(31)14-20)37-13-8-34(4)30(37)39/h6-8,13-19,38H,5,9-12H2,1-4H3. The molecule has 39 heavy (non-hydrogen) atoms. The van der Waals surface area contributed by atoms with E-state index in [9.17, 15) is 14.3 Å². The maximum Gasteiger partial charge on any atom is 0.332 e. The van der Waals surface area contributed by atoms with Crippen LogP contribution < -0.4 is 10.6 Å². The fraction of sp³-hybridized carbons (Fsp3) is 0.333. The van der Waals surface area contributed by atoms with Crippen LogP contribution in [0.1, 0.15) is 26.5 Å². The Bertz CT molecular complexity index is 1570. The largest absolute Gasteiger partial charge is 0.507 e. The van der Waals surface area contributed by atoms with Crippen molar-refractivity contribution in [3.63, 3.8) is 0 Å². The number of piperazine rings is 1. The molecule has 0 atom stereocenters. The SMILES string of the molecule is CCc1ncc(-c2cc(F)cc(-c3ccc(-n4ccn(C)c4=O)c(Cl)c3)c2O)cc1N1CCN(C(C)C)CC1. The minimum absolute atomic E-state index is 0.0567. The minimum atomic E-state index is -0.482. The van der Waals surface area contributed by atoms with Crippen LogP contribution in [0.15, 0.2) is 59.8 Å². The Hall–Kier alpha value is -3.62. The fourth-order valence-electron chi connectivity index (χ4n) is 5.21. The molecule has 204 valence electrons. The van der Waals surface area contributed by atoms with Crippen molar-refractivity contribution in [2.75, 3.05) is 31.1 Å². The number of aromatic nitrogens is 3. The Morgan fingerprint density at radius 3 is 2.28 bits per heavy atom. The molecule has 1 saturated heterocycles. The van der Waals surface area contributed by atoms with Gasteiger partial charge in [0.15, 0.2) is 0 Å². The zero-order valence-corrected chi connectivity index (χ0v) is 23.4. The van der Waals surface area contributed by atoms with Gasteiger partial charge in [-0.2, -0.15) is 0 Å². The molecule has 3 heterocycles. The van der Waals surface area contributed by atoms with Crippen molar-refractivity contribution in [2.24, 2.45) is 7.05 Å². The van der Waals surface area contributed by atoms with Gasteiger partial charge in [-0.3, -0.25) is 14.5 Å². The number of hydrogen-bond donors (Lipinski definition) is 1. The number of rotatable bonds is 6. The first-order valence-electron chi connectivity index (χ1n) is 13.2. The van der Waals surface area contributed by atoms with Gasteiger partial charge in [0.05, 0.1) is 22.1 Å². The summed E-state index contributed by atoms with van der Waals surface area (Å²) in [5.74, 6) is -0.539. The molecule has 0 unspecified atom stereocenters. The third-order valence-corrected chi connectivity index (χ3v) is 7.82. The topological polar surface area (TPSA) is 66.5 Å². The number of benzene rings is 2. The number of phenols is 1. The number of phenolic OH excluding ortho intramolecular Hbond substituents is 1. The highest BCUT2D eigenvalue weighted by Crippen LogP contribution is 2.41. The van der Waals surface area contributed by atoms with Crippen molar-refractivity contribution in [1.29, 1.82) is 0 Å². The van der Waals surface area contributed by atoms with Crippen LogP contribution in [0, 0.1) is 5.82 Å². The lowest BCUT2D eigenvalue weighted by molar-refractivity contribution is 0.209. The lowest BCUT2D eigenvalue weighted by Crippen LogP contribution is -2.49. The smallest absolute Gasteiger partial charge is 0.332 e. The summed E-state index contributed by atoms with van der Waals surface area (Å²) in [5.41, 5.74) is 4.12. The van der Waals surface area contributed by atoms with Gasteiger partial charge in [0.2, 0.25) is 0 Å².